The lowest BCUT2D eigenvalue weighted by Gasteiger charge is -2.02. The van der Waals surface area contributed by atoms with Crippen LogP contribution >= 0.6 is 0 Å². The van der Waals surface area contributed by atoms with Gasteiger partial charge in [0.2, 0.25) is 0 Å². The molecule has 3 nitrogen and oxygen atoms in total. The van der Waals surface area contributed by atoms with Gasteiger partial charge in [0.05, 0.1) is 11.3 Å². The van der Waals surface area contributed by atoms with Crippen molar-refractivity contribution < 1.29 is 18.7 Å². The fraction of sp³-hybridized carbons (Fsp3) is 0. The second kappa shape index (κ2) is 4.45. The van der Waals surface area contributed by atoms with Crippen molar-refractivity contribution in [1.29, 1.82) is 0 Å². The van der Waals surface area contributed by atoms with Crippen LogP contribution in [-0.2, 0) is 0 Å². The first-order chi connectivity index (χ1) is 9.58. The van der Waals surface area contributed by atoms with Crippen LogP contribution in [0.5, 0.6) is 0 Å². The van der Waals surface area contributed by atoms with E-state index in [1.54, 1.807) is 24.3 Å². The van der Waals surface area contributed by atoms with Crippen molar-refractivity contribution >= 4 is 16.9 Å². The third kappa shape index (κ3) is 1.84. The summed E-state index contributed by atoms with van der Waals surface area (Å²) >= 11 is 0. The van der Waals surface area contributed by atoms with Gasteiger partial charge in [-0.15, -0.1) is 0 Å². The number of H-pyrrole nitrogens is 1. The van der Waals surface area contributed by atoms with Gasteiger partial charge >= 0.3 is 5.97 Å². The van der Waals surface area contributed by atoms with Crippen molar-refractivity contribution in [2.45, 2.75) is 0 Å². The zero-order valence-electron chi connectivity index (χ0n) is 10.2. The lowest BCUT2D eigenvalue weighted by Crippen LogP contribution is -1.98. The Bertz CT molecular complexity index is 824. The number of rotatable bonds is 2. The molecule has 0 saturated heterocycles. The van der Waals surface area contributed by atoms with Crippen LogP contribution in [0.25, 0.3) is 22.2 Å². The maximum Gasteiger partial charge on any atom is 0.338 e. The highest BCUT2D eigenvalue weighted by Crippen LogP contribution is 2.31. The molecule has 0 aliphatic rings. The van der Waals surface area contributed by atoms with Crippen molar-refractivity contribution in [1.82, 2.24) is 4.98 Å². The number of nitrogens with one attached hydrogen (secondary N) is 1. The third-order valence-electron chi connectivity index (χ3n) is 3.13. The van der Waals surface area contributed by atoms with E-state index >= 15 is 0 Å². The molecule has 2 N–H and O–H groups in total. The summed E-state index contributed by atoms with van der Waals surface area (Å²) in [6.07, 6.45) is 0. The average molecular weight is 273 g/mol. The number of carbonyl (C=O) groups is 1. The number of fused-ring (bicyclic) bond motifs is 1. The van der Waals surface area contributed by atoms with Crippen LogP contribution < -0.4 is 0 Å². The molecule has 0 radical (unpaired) electrons. The predicted octanol–water partition coefficient (Wildman–Crippen LogP) is 3.81. The van der Waals surface area contributed by atoms with Gasteiger partial charge in [-0.1, -0.05) is 18.2 Å². The third-order valence-corrected chi connectivity index (χ3v) is 3.13. The molecule has 1 heterocycles. The Morgan fingerprint density at radius 3 is 2.50 bits per heavy atom. The molecule has 0 spiro atoms. The first-order valence-electron chi connectivity index (χ1n) is 5.87. The highest BCUT2D eigenvalue weighted by molar-refractivity contribution is 6.09. The predicted molar refractivity (Wildman–Crippen MR) is 70.6 cm³/mol. The Labute approximate surface area is 112 Å². The largest absolute Gasteiger partial charge is 0.478 e. The van der Waals surface area contributed by atoms with Gasteiger partial charge in [0.1, 0.15) is 0 Å². The standard InChI is InChI=1S/C15H9F2NO2/c16-10-6-5-8(7-11(10)17)14-13(15(19)20)9-3-1-2-4-12(9)18-14/h1-7,18H,(H,19,20). The zero-order chi connectivity index (χ0) is 14.3. The summed E-state index contributed by atoms with van der Waals surface area (Å²) in [5, 5.41) is 9.88. The molecule has 0 aliphatic carbocycles. The van der Waals surface area contributed by atoms with E-state index in [4.69, 9.17) is 0 Å². The van der Waals surface area contributed by atoms with Crippen molar-refractivity contribution in [3.63, 3.8) is 0 Å². The summed E-state index contributed by atoms with van der Waals surface area (Å²) in [5.74, 6) is -3.11. The van der Waals surface area contributed by atoms with Crippen LogP contribution in [0.15, 0.2) is 42.5 Å². The Morgan fingerprint density at radius 1 is 1.05 bits per heavy atom. The second-order valence-corrected chi connectivity index (χ2v) is 4.35. The van der Waals surface area contributed by atoms with Crippen LogP contribution in [-0.4, -0.2) is 16.1 Å². The average Bonchev–Trinajstić information content (AvgIpc) is 2.81. The van der Waals surface area contributed by atoms with Crippen molar-refractivity contribution in [2.24, 2.45) is 0 Å². The van der Waals surface area contributed by atoms with Crippen LogP contribution in [0.1, 0.15) is 10.4 Å². The van der Waals surface area contributed by atoms with E-state index < -0.39 is 17.6 Å². The van der Waals surface area contributed by atoms with E-state index in [2.05, 4.69) is 4.98 Å². The van der Waals surface area contributed by atoms with Crippen LogP contribution in [0, 0.1) is 11.6 Å². The number of carboxylic acids is 1. The number of aromatic amines is 1. The van der Waals surface area contributed by atoms with Gasteiger partial charge in [0.15, 0.2) is 11.6 Å². The number of hydrogen-bond donors (Lipinski definition) is 2. The summed E-state index contributed by atoms with van der Waals surface area (Å²) in [7, 11) is 0. The van der Waals surface area contributed by atoms with Crippen LogP contribution in [0.2, 0.25) is 0 Å². The number of benzene rings is 2. The fourth-order valence-corrected chi connectivity index (χ4v) is 2.23. The quantitative estimate of drug-likeness (QED) is 0.746. The molecule has 3 aromatic rings. The molecule has 3 rings (SSSR count). The van der Waals surface area contributed by atoms with Crippen LogP contribution in [0.3, 0.4) is 0 Å². The monoisotopic (exact) mass is 273 g/mol. The van der Waals surface area contributed by atoms with Gasteiger partial charge in [-0.3, -0.25) is 0 Å². The summed E-state index contributed by atoms with van der Waals surface area (Å²) in [6, 6.07) is 10.2. The summed E-state index contributed by atoms with van der Waals surface area (Å²) in [6.45, 7) is 0. The van der Waals surface area contributed by atoms with E-state index in [0.29, 0.717) is 10.9 Å². The maximum absolute atomic E-state index is 13.3. The fourth-order valence-electron chi connectivity index (χ4n) is 2.23. The molecule has 1 aromatic heterocycles. The molecule has 0 bridgehead atoms. The van der Waals surface area contributed by atoms with Crippen molar-refractivity contribution in [3.8, 4) is 11.3 Å². The molecule has 0 amide bonds. The molecule has 0 aliphatic heterocycles. The molecule has 100 valence electrons. The van der Waals surface area contributed by atoms with Gasteiger partial charge < -0.3 is 10.1 Å². The van der Waals surface area contributed by atoms with E-state index in [-0.39, 0.29) is 16.8 Å². The summed E-state index contributed by atoms with van der Waals surface area (Å²) in [5.41, 5.74) is 1.23. The highest BCUT2D eigenvalue weighted by Gasteiger charge is 2.19. The first kappa shape index (κ1) is 12.3. The van der Waals surface area contributed by atoms with Crippen molar-refractivity contribution in [2.75, 3.05) is 0 Å². The molecule has 0 unspecified atom stereocenters. The summed E-state index contributed by atoms with van der Waals surface area (Å²) < 4.78 is 26.3. The molecule has 20 heavy (non-hydrogen) atoms. The maximum atomic E-state index is 13.3. The number of aromatic carboxylic acids is 1. The molecule has 2 aromatic carbocycles. The SMILES string of the molecule is O=C(O)c1c(-c2ccc(F)c(F)c2)[nH]c2ccccc12. The molecule has 5 heteroatoms. The Balaban J connectivity index is 2.32. The minimum Gasteiger partial charge on any atom is -0.478 e. The number of halogens is 2. The lowest BCUT2D eigenvalue weighted by molar-refractivity contribution is 0.0700. The zero-order valence-corrected chi connectivity index (χ0v) is 10.2. The van der Waals surface area contributed by atoms with Gasteiger partial charge in [0.25, 0.3) is 0 Å². The molecular formula is C15H9F2NO2. The van der Waals surface area contributed by atoms with Gasteiger partial charge in [-0.25, -0.2) is 13.6 Å². The Hall–Kier alpha value is -2.69. The van der Waals surface area contributed by atoms with E-state index in [9.17, 15) is 18.7 Å². The normalized spacial score (nSPS) is 10.9. The smallest absolute Gasteiger partial charge is 0.338 e. The van der Waals surface area contributed by atoms with E-state index in [0.717, 1.165) is 12.1 Å². The minimum absolute atomic E-state index is 0.0478. The number of carboxylic acid groups (broad SMARTS) is 1. The van der Waals surface area contributed by atoms with Gasteiger partial charge in [-0.2, -0.15) is 0 Å². The molecule has 0 atom stereocenters. The Kier molecular flexibility index (Phi) is 2.75. The highest BCUT2D eigenvalue weighted by atomic mass is 19.2. The topological polar surface area (TPSA) is 53.1 Å². The molecule has 0 saturated carbocycles. The molecular weight excluding hydrogens is 264 g/mol. The van der Waals surface area contributed by atoms with Gasteiger partial charge in [0, 0.05) is 16.5 Å². The second-order valence-electron chi connectivity index (χ2n) is 4.35. The van der Waals surface area contributed by atoms with Gasteiger partial charge in [-0.05, 0) is 24.3 Å². The minimum atomic E-state index is -1.12. The summed E-state index contributed by atoms with van der Waals surface area (Å²) in [4.78, 5) is 14.4. The first-order valence-corrected chi connectivity index (χ1v) is 5.87. The lowest BCUT2D eigenvalue weighted by atomic mass is 10.1. The van der Waals surface area contributed by atoms with Crippen LogP contribution in [0.4, 0.5) is 8.78 Å². The van der Waals surface area contributed by atoms with E-state index in [1.807, 2.05) is 0 Å². The molecule has 0 fully saturated rings. The number of hydrogen-bond acceptors (Lipinski definition) is 1. The number of aromatic nitrogens is 1. The Morgan fingerprint density at radius 2 is 1.80 bits per heavy atom. The van der Waals surface area contributed by atoms with E-state index in [1.165, 1.54) is 6.07 Å². The number of para-hydroxylation sites is 1. The van der Waals surface area contributed by atoms with Crippen molar-refractivity contribution in [3.05, 3.63) is 59.7 Å².